The van der Waals surface area contributed by atoms with Crippen molar-refractivity contribution in [2.24, 2.45) is 0 Å². The zero-order valence-corrected chi connectivity index (χ0v) is 28.2. The first-order chi connectivity index (χ1) is 21.8. The first-order valence-corrected chi connectivity index (χ1v) is 15.7. The number of allylic oxidation sites excluding steroid dienone is 13. The monoisotopic (exact) mass is 588 g/mol. The Labute approximate surface area is 272 Å². The van der Waals surface area contributed by atoms with Gasteiger partial charge in [0.05, 0.1) is 0 Å². The third kappa shape index (κ3) is 8.16. The summed E-state index contributed by atoms with van der Waals surface area (Å²) >= 11 is 0. The molecule has 0 bridgehead atoms. The van der Waals surface area contributed by atoms with E-state index in [1.165, 1.54) is 72.0 Å². The van der Waals surface area contributed by atoms with Gasteiger partial charge in [-0.1, -0.05) is 141 Å². The highest BCUT2D eigenvalue weighted by Crippen LogP contribution is 2.36. The zero-order valence-electron chi connectivity index (χ0n) is 28.2. The normalized spacial score (nSPS) is 12.6. The van der Waals surface area contributed by atoms with Crippen molar-refractivity contribution in [2.45, 2.75) is 48.5 Å². The van der Waals surface area contributed by atoms with Gasteiger partial charge in [-0.3, -0.25) is 0 Å². The summed E-state index contributed by atoms with van der Waals surface area (Å²) in [7, 11) is 0. The Hall–Kier alpha value is -4.94. The molecule has 0 radical (unpaired) electrons. The highest BCUT2D eigenvalue weighted by Gasteiger charge is 2.14. The molecule has 0 aliphatic rings. The lowest BCUT2D eigenvalue weighted by atomic mass is 9.87. The van der Waals surface area contributed by atoms with E-state index in [0.29, 0.717) is 0 Å². The number of hydrogen-bond donors (Lipinski definition) is 0. The molecule has 0 saturated heterocycles. The van der Waals surface area contributed by atoms with Crippen LogP contribution in [0.5, 0.6) is 0 Å². The fourth-order valence-electron chi connectivity index (χ4n) is 5.78. The first-order valence-electron chi connectivity index (χ1n) is 15.7. The van der Waals surface area contributed by atoms with Crippen molar-refractivity contribution in [3.05, 3.63) is 186 Å². The average Bonchev–Trinajstić information content (AvgIpc) is 3.05. The Morgan fingerprint density at radius 2 is 1.31 bits per heavy atom. The van der Waals surface area contributed by atoms with Crippen molar-refractivity contribution in [3.63, 3.8) is 0 Å². The highest BCUT2D eigenvalue weighted by molar-refractivity contribution is 5.98. The Morgan fingerprint density at radius 1 is 0.622 bits per heavy atom. The smallest absolute Gasteiger partial charge is 0.00732 e. The summed E-state index contributed by atoms with van der Waals surface area (Å²) in [5.41, 5.74) is 14.8. The molecule has 4 aromatic rings. The zero-order chi connectivity index (χ0) is 32.9. The van der Waals surface area contributed by atoms with Gasteiger partial charge in [-0.15, -0.1) is 0 Å². The van der Waals surface area contributed by atoms with Gasteiger partial charge in [0.15, 0.2) is 0 Å². The molecule has 0 saturated carbocycles. The molecular formula is C45H48. The number of aryl methyl sites for hydroxylation is 3. The minimum atomic E-state index is 1.09. The number of hydrogen-bond acceptors (Lipinski definition) is 0. The van der Waals surface area contributed by atoms with Crippen molar-refractivity contribution in [3.8, 4) is 11.1 Å². The van der Waals surface area contributed by atoms with Gasteiger partial charge in [-0.25, -0.2) is 0 Å². The predicted octanol–water partition coefficient (Wildman–Crippen LogP) is 13.4. The van der Waals surface area contributed by atoms with E-state index in [9.17, 15) is 0 Å². The molecule has 0 aliphatic carbocycles. The summed E-state index contributed by atoms with van der Waals surface area (Å²) in [5.74, 6) is 0. The molecule has 4 aromatic carbocycles. The van der Waals surface area contributed by atoms with Gasteiger partial charge in [0.25, 0.3) is 0 Å². The Morgan fingerprint density at radius 3 is 1.93 bits per heavy atom. The maximum absolute atomic E-state index is 3.99. The van der Waals surface area contributed by atoms with Crippen LogP contribution >= 0.6 is 0 Å². The fourth-order valence-corrected chi connectivity index (χ4v) is 5.78. The van der Waals surface area contributed by atoms with E-state index >= 15 is 0 Å². The molecule has 45 heavy (non-hydrogen) atoms. The van der Waals surface area contributed by atoms with E-state index in [1.54, 1.807) is 0 Å². The van der Waals surface area contributed by atoms with Crippen molar-refractivity contribution in [2.75, 3.05) is 0 Å². The van der Waals surface area contributed by atoms with Crippen LogP contribution in [0.1, 0.15) is 61.1 Å². The third-order valence-corrected chi connectivity index (χ3v) is 8.08. The molecule has 0 atom stereocenters. The summed E-state index contributed by atoms with van der Waals surface area (Å²) in [6, 6.07) is 26.1. The van der Waals surface area contributed by atoms with Crippen LogP contribution in [-0.2, 0) is 0 Å². The molecule has 0 aliphatic heterocycles. The number of rotatable bonds is 9. The minimum Gasteiger partial charge on any atom is -0.0990 e. The molecule has 0 aromatic heterocycles. The van der Waals surface area contributed by atoms with Crippen LogP contribution in [0.2, 0.25) is 0 Å². The lowest BCUT2D eigenvalue weighted by Crippen LogP contribution is -1.95. The first kappa shape index (κ1) is 34.5. The van der Waals surface area contributed by atoms with E-state index in [-0.39, 0.29) is 0 Å². The number of benzene rings is 4. The SMILES string of the molecule is C=C/C(=C(C)/C=C\C)c1ccc(C)c2ccccc12.C=C/C=C(\C=C)c1cccc(C)c1-c1cc(C(/C=C\C)=C/C)ccc1C. The second-order valence-corrected chi connectivity index (χ2v) is 11.1. The van der Waals surface area contributed by atoms with Gasteiger partial charge >= 0.3 is 0 Å². The molecule has 0 spiro atoms. The average molecular weight is 589 g/mol. The van der Waals surface area contributed by atoms with Gasteiger partial charge < -0.3 is 0 Å². The van der Waals surface area contributed by atoms with E-state index in [1.807, 2.05) is 31.2 Å². The number of fused-ring (bicyclic) bond motifs is 1. The Bertz CT molecular complexity index is 1840. The molecule has 0 heterocycles. The topological polar surface area (TPSA) is 0 Å². The fraction of sp³-hybridized carbons (Fsp3) is 0.156. The second kappa shape index (κ2) is 16.8. The van der Waals surface area contributed by atoms with Crippen molar-refractivity contribution in [1.29, 1.82) is 0 Å². The van der Waals surface area contributed by atoms with Gasteiger partial charge in [0.2, 0.25) is 0 Å². The van der Waals surface area contributed by atoms with Crippen LogP contribution < -0.4 is 0 Å². The molecule has 228 valence electrons. The minimum absolute atomic E-state index is 1.09. The van der Waals surface area contributed by atoms with Gasteiger partial charge in [-0.2, -0.15) is 0 Å². The van der Waals surface area contributed by atoms with Crippen molar-refractivity contribution >= 4 is 27.5 Å². The largest absolute Gasteiger partial charge is 0.0990 e. The second-order valence-electron chi connectivity index (χ2n) is 11.1. The lowest BCUT2D eigenvalue weighted by Gasteiger charge is -2.17. The molecule has 0 N–H and O–H groups in total. The molecule has 0 unspecified atom stereocenters. The van der Waals surface area contributed by atoms with Crippen LogP contribution in [0, 0.1) is 20.8 Å². The van der Waals surface area contributed by atoms with Crippen LogP contribution in [0.25, 0.3) is 38.6 Å². The molecule has 0 fully saturated rings. The van der Waals surface area contributed by atoms with Gasteiger partial charge in [0, 0.05) is 0 Å². The molecule has 0 amide bonds. The summed E-state index contributed by atoms with van der Waals surface area (Å²) in [6.07, 6.45) is 18.3. The Kier molecular flexibility index (Phi) is 12.9. The maximum Gasteiger partial charge on any atom is -0.00732 e. The molecule has 0 heteroatoms. The third-order valence-electron chi connectivity index (χ3n) is 8.08. The van der Waals surface area contributed by atoms with Crippen LogP contribution in [0.3, 0.4) is 0 Å². The molecular weight excluding hydrogens is 540 g/mol. The van der Waals surface area contributed by atoms with Gasteiger partial charge in [-0.05, 0) is 132 Å². The van der Waals surface area contributed by atoms with E-state index in [0.717, 1.165) is 5.57 Å². The van der Waals surface area contributed by atoms with Crippen molar-refractivity contribution < 1.29 is 0 Å². The predicted molar refractivity (Wildman–Crippen MR) is 204 cm³/mol. The van der Waals surface area contributed by atoms with E-state index in [4.69, 9.17) is 0 Å². The van der Waals surface area contributed by atoms with Crippen LogP contribution in [0.15, 0.2) is 153 Å². The highest BCUT2D eigenvalue weighted by atomic mass is 14.2. The maximum atomic E-state index is 3.99. The standard InChI is InChI=1S/C26H28.C19H20/c1-7-12-21(9-3)23-17-16-19(5)25(18-23)26-20(6)14-11-15-24(26)22(10-4)13-8-2;1-5-9-14(3)16(6-2)19-13-12-15(4)17-10-7-8-11-18(17)19/h7-18H,2,4H2,1,3,5-6H3;5-13H,2H2,1,3-4H3/b12-7-,21-9+,22-13+;9-5-,16-14-. The van der Waals surface area contributed by atoms with Gasteiger partial charge in [0.1, 0.15) is 0 Å². The molecule has 0 nitrogen and oxygen atoms in total. The van der Waals surface area contributed by atoms with Crippen LogP contribution in [0.4, 0.5) is 0 Å². The quantitative estimate of drug-likeness (QED) is 0.171. The van der Waals surface area contributed by atoms with E-state index in [2.05, 4.69) is 164 Å². The van der Waals surface area contributed by atoms with Crippen LogP contribution in [-0.4, -0.2) is 0 Å². The summed E-state index contributed by atoms with van der Waals surface area (Å²) in [6.45, 7) is 26.6. The lowest BCUT2D eigenvalue weighted by molar-refractivity contribution is 1.38. The Balaban J connectivity index is 0.000000257. The summed E-state index contributed by atoms with van der Waals surface area (Å²) in [4.78, 5) is 0. The van der Waals surface area contributed by atoms with Crippen molar-refractivity contribution in [1.82, 2.24) is 0 Å². The summed E-state index contributed by atoms with van der Waals surface area (Å²) < 4.78 is 0. The molecule has 4 rings (SSSR count). The van der Waals surface area contributed by atoms with E-state index < -0.39 is 0 Å². The summed E-state index contributed by atoms with van der Waals surface area (Å²) in [5, 5.41) is 2.61.